The van der Waals surface area contributed by atoms with Crippen molar-refractivity contribution < 1.29 is 8.42 Å². The van der Waals surface area contributed by atoms with Crippen LogP contribution in [0.25, 0.3) is 0 Å². The number of hydrogen-bond acceptors (Lipinski definition) is 2. The van der Waals surface area contributed by atoms with Gasteiger partial charge in [-0.2, -0.15) is 0 Å². The Morgan fingerprint density at radius 3 is 2.63 bits per heavy atom. The summed E-state index contributed by atoms with van der Waals surface area (Å²) in [6, 6.07) is 4.37. The minimum atomic E-state index is -3.65. The van der Waals surface area contributed by atoms with Crippen LogP contribution in [0.1, 0.15) is 19.3 Å². The zero-order chi connectivity index (χ0) is 14.0. The summed E-state index contributed by atoms with van der Waals surface area (Å²) >= 11 is 17.8. The smallest absolute Gasteiger partial charge is 0.211 e. The second-order valence-electron chi connectivity index (χ2n) is 4.63. The van der Waals surface area contributed by atoms with Gasteiger partial charge in [0, 0.05) is 16.9 Å². The summed E-state index contributed by atoms with van der Waals surface area (Å²) in [7, 11) is -3.65. The highest BCUT2D eigenvalue weighted by atomic mass is 35.5. The van der Waals surface area contributed by atoms with E-state index in [1.54, 1.807) is 6.07 Å². The van der Waals surface area contributed by atoms with E-state index in [0.717, 1.165) is 19.3 Å². The van der Waals surface area contributed by atoms with Crippen molar-refractivity contribution in [2.45, 2.75) is 29.5 Å². The molecule has 1 aromatic carbocycles. The summed E-state index contributed by atoms with van der Waals surface area (Å²) in [5.41, 5.74) is 0. The predicted molar refractivity (Wildman–Crippen MR) is 78.6 cm³/mol. The van der Waals surface area contributed by atoms with Crippen LogP contribution in [0.3, 0.4) is 0 Å². The lowest BCUT2D eigenvalue weighted by Gasteiger charge is -2.15. The fourth-order valence-corrected chi connectivity index (χ4v) is 4.42. The third-order valence-electron chi connectivity index (χ3n) is 3.28. The van der Waals surface area contributed by atoms with Crippen LogP contribution in [0, 0.1) is 5.92 Å². The van der Waals surface area contributed by atoms with Crippen molar-refractivity contribution in [3.05, 3.63) is 28.2 Å². The Labute approximate surface area is 128 Å². The Morgan fingerprint density at radius 1 is 1.26 bits per heavy atom. The molecule has 0 bridgehead atoms. The van der Waals surface area contributed by atoms with Gasteiger partial charge < -0.3 is 0 Å². The maximum atomic E-state index is 12.2. The highest BCUT2D eigenvalue weighted by molar-refractivity contribution is 7.89. The van der Waals surface area contributed by atoms with Crippen molar-refractivity contribution in [1.29, 1.82) is 0 Å². The van der Waals surface area contributed by atoms with Gasteiger partial charge in [0.15, 0.2) is 0 Å². The predicted octanol–water partition coefficient (Wildman–Crippen LogP) is 3.68. The minimum Gasteiger partial charge on any atom is -0.211 e. The average Bonchev–Trinajstić information content (AvgIpc) is 2.75. The Balaban J connectivity index is 2.12. The van der Waals surface area contributed by atoms with Gasteiger partial charge in [-0.05, 0) is 37.0 Å². The van der Waals surface area contributed by atoms with Crippen molar-refractivity contribution >= 4 is 44.8 Å². The van der Waals surface area contributed by atoms with Gasteiger partial charge in [0.2, 0.25) is 10.0 Å². The van der Waals surface area contributed by atoms with Crippen molar-refractivity contribution in [3.8, 4) is 0 Å². The highest BCUT2D eigenvalue weighted by Crippen LogP contribution is 2.30. The van der Waals surface area contributed by atoms with Crippen molar-refractivity contribution in [1.82, 2.24) is 4.72 Å². The fraction of sp³-hybridized carbons (Fsp3) is 0.500. The first-order valence-corrected chi connectivity index (χ1v) is 8.66. The molecule has 1 aliphatic rings. The Hall–Kier alpha value is -0.000000000000000167. The molecule has 0 amide bonds. The standard InChI is InChI=1S/C12H14Cl3NO2S/c13-9-4-5-11(15)12(6-9)19(17,18)16-7-8-2-1-3-10(8)14/h4-6,8,10,16H,1-3,7H2. The number of nitrogens with one attached hydrogen (secondary N) is 1. The molecule has 1 fully saturated rings. The lowest BCUT2D eigenvalue weighted by atomic mass is 10.1. The second-order valence-corrected chi connectivity index (χ2v) is 7.77. The summed E-state index contributed by atoms with van der Waals surface area (Å²) in [5, 5.41) is 0.532. The van der Waals surface area contributed by atoms with Crippen LogP contribution in [0.4, 0.5) is 0 Å². The number of sulfonamides is 1. The van der Waals surface area contributed by atoms with Crippen LogP contribution in [-0.2, 0) is 10.0 Å². The van der Waals surface area contributed by atoms with Gasteiger partial charge in [-0.1, -0.05) is 29.6 Å². The van der Waals surface area contributed by atoms with Crippen LogP contribution in [0.15, 0.2) is 23.1 Å². The molecule has 7 heteroatoms. The molecule has 3 nitrogen and oxygen atoms in total. The Morgan fingerprint density at radius 2 is 2.00 bits per heavy atom. The molecule has 1 aliphatic carbocycles. The molecule has 0 spiro atoms. The molecule has 106 valence electrons. The van der Waals surface area contributed by atoms with Gasteiger partial charge in [-0.15, -0.1) is 11.6 Å². The number of hydrogen-bond donors (Lipinski definition) is 1. The molecule has 1 saturated carbocycles. The maximum Gasteiger partial charge on any atom is 0.242 e. The van der Waals surface area contributed by atoms with E-state index >= 15 is 0 Å². The maximum absolute atomic E-state index is 12.2. The van der Waals surface area contributed by atoms with E-state index < -0.39 is 10.0 Å². The summed E-state index contributed by atoms with van der Waals surface area (Å²) in [6.07, 6.45) is 2.92. The third kappa shape index (κ3) is 3.76. The van der Waals surface area contributed by atoms with Crippen molar-refractivity contribution in [3.63, 3.8) is 0 Å². The van der Waals surface area contributed by atoms with Crippen LogP contribution >= 0.6 is 34.8 Å². The van der Waals surface area contributed by atoms with Crippen LogP contribution in [0.5, 0.6) is 0 Å². The van der Waals surface area contributed by atoms with Crippen molar-refractivity contribution in [2.75, 3.05) is 6.54 Å². The van der Waals surface area contributed by atoms with E-state index in [-0.39, 0.29) is 21.2 Å². The van der Waals surface area contributed by atoms with Crippen LogP contribution in [-0.4, -0.2) is 20.3 Å². The number of benzene rings is 1. The van der Waals surface area contributed by atoms with Gasteiger partial charge >= 0.3 is 0 Å². The minimum absolute atomic E-state index is 0.00536. The SMILES string of the molecule is O=S(=O)(NCC1CCCC1Cl)c1cc(Cl)ccc1Cl. The van der Waals surface area contributed by atoms with E-state index in [1.165, 1.54) is 12.1 Å². The van der Waals surface area contributed by atoms with E-state index in [2.05, 4.69) is 4.72 Å². The summed E-state index contributed by atoms with van der Waals surface area (Å²) in [4.78, 5) is 0.00536. The molecular weight excluding hydrogens is 329 g/mol. The van der Waals surface area contributed by atoms with Crippen LogP contribution < -0.4 is 4.72 Å². The summed E-state index contributed by atoms with van der Waals surface area (Å²) < 4.78 is 26.9. The van der Waals surface area contributed by atoms with Gasteiger partial charge in [0.1, 0.15) is 4.90 Å². The van der Waals surface area contributed by atoms with E-state index in [1.807, 2.05) is 0 Å². The molecule has 1 aromatic rings. The molecule has 1 N–H and O–H groups in total. The zero-order valence-corrected chi connectivity index (χ0v) is 13.2. The zero-order valence-electron chi connectivity index (χ0n) is 10.1. The molecule has 2 unspecified atom stereocenters. The van der Waals surface area contributed by atoms with Gasteiger partial charge in [0.25, 0.3) is 0 Å². The summed E-state index contributed by atoms with van der Waals surface area (Å²) in [6.45, 7) is 0.333. The molecule has 2 atom stereocenters. The monoisotopic (exact) mass is 341 g/mol. The van der Waals surface area contributed by atoms with Crippen LogP contribution in [0.2, 0.25) is 10.0 Å². The molecule has 19 heavy (non-hydrogen) atoms. The molecule has 2 rings (SSSR count). The normalized spacial score (nSPS) is 23.7. The second kappa shape index (κ2) is 6.19. The van der Waals surface area contributed by atoms with Gasteiger partial charge in [-0.25, -0.2) is 13.1 Å². The van der Waals surface area contributed by atoms with Gasteiger partial charge in [0.05, 0.1) is 5.02 Å². The topological polar surface area (TPSA) is 46.2 Å². The molecular formula is C12H14Cl3NO2S. The van der Waals surface area contributed by atoms with Crippen molar-refractivity contribution in [2.24, 2.45) is 5.92 Å². The Kier molecular flexibility index (Phi) is 5.01. The first-order valence-electron chi connectivity index (χ1n) is 5.99. The van der Waals surface area contributed by atoms with E-state index in [0.29, 0.717) is 11.6 Å². The molecule has 0 radical (unpaired) electrons. The highest BCUT2D eigenvalue weighted by Gasteiger charge is 2.27. The van der Waals surface area contributed by atoms with E-state index in [9.17, 15) is 8.42 Å². The molecule has 0 aromatic heterocycles. The third-order valence-corrected chi connectivity index (χ3v) is 6.00. The molecule has 0 heterocycles. The largest absolute Gasteiger partial charge is 0.242 e. The number of halogens is 3. The number of alkyl halides is 1. The lowest BCUT2D eigenvalue weighted by molar-refractivity contribution is 0.524. The Bertz CT molecular complexity index is 562. The first-order chi connectivity index (χ1) is 8.90. The van der Waals surface area contributed by atoms with E-state index in [4.69, 9.17) is 34.8 Å². The fourth-order valence-electron chi connectivity index (χ4n) is 2.20. The molecule has 0 saturated heterocycles. The molecule has 0 aliphatic heterocycles. The summed E-state index contributed by atoms with van der Waals surface area (Å²) in [5.74, 6) is 0.175. The van der Waals surface area contributed by atoms with Gasteiger partial charge in [-0.3, -0.25) is 0 Å². The lowest BCUT2D eigenvalue weighted by Crippen LogP contribution is -2.31. The number of rotatable bonds is 4. The average molecular weight is 343 g/mol. The first kappa shape index (κ1) is 15.4. The quantitative estimate of drug-likeness (QED) is 0.848.